The molecule has 2 N–H and O–H groups in total. The number of amidine groups is 1. The van der Waals surface area contributed by atoms with Crippen molar-refractivity contribution >= 4 is 60.5 Å². The normalized spacial score (nSPS) is 11.8. The maximum Gasteiger partial charge on any atom is 0.173 e. The average Bonchev–Trinajstić information content (AvgIpc) is 2.80. The van der Waals surface area contributed by atoms with Crippen LogP contribution in [-0.4, -0.2) is 29.3 Å². The van der Waals surface area contributed by atoms with Crippen molar-refractivity contribution in [2.75, 3.05) is 7.11 Å². The van der Waals surface area contributed by atoms with E-state index in [1.165, 1.54) is 7.11 Å². The Morgan fingerprint density at radius 2 is 1.88 bits per heavy atom. The second-order valence-electron chi connectivity index (χ2n) is 7.20. The van der Waals surface area contributed by atoms with Crippen molar-refractivity contribution in [1.29, 1.82) is 0 Å². The highest BCUT2D eigenvalue weighted by Crippen LogP contribution is 2.33. The van der Waals surface area contributed by atoms with Crippen LogP contribution in [0.5, 0.6) is 11.5 Å². The molecule has 0 aliphatic carbocycles. The van der Waals surface area contributed by atoms with E-state index in [1.54, 1.807) is 24.4 Å². The first kappa shape index (κ1) is 22.9. The number of nitrogens with zero attached hydrogens (tertiary/aromatic N) is 3. The molecule has 6 nitrogen and oxygen atoms in total. The van der Waals surface area contributed by atoms with Crippen LogP contribution in [0.25, 0.3) is 10.9 Å². The number of ether oxygens (including phenoxy) is 1. The minimum Gasteiger partial charge on any atom is -0.504 e. The van der Waals surface area contributed by atoms with Crippen molar-refractivity contribution in [1.82, 2.24) is 10.4 Å². The number of hydrazone groups is 1. The van der Waals surface area contributed by atoms with Crippen molar-refractivity contribution < 1.29 is 9.84 Å². The van der Waals surface area contributed by atoms with Gasteiger partial charge in [0.15, 0.2) is 17.3 Å². The highest BCUT2D eigenvalue weighted by atomic mass is 79.9. The number of halogens is 2. The van der Waals surface area contributed by atoms with Crippen LogP contribution in [0.4, 0.5) is 5.69 Å². The highest BCUT2D eigenvalue weighted by Gasteiger charge is 2.11. The molecule has 166 valence electrons. The molecule has 0 bridgehead atoms. The van der Waals surface area contributed by atoms with Gasteiger partial charge in [-0.3, -0.25) is 5.43 Å². The van der Waals surface area contributed by atoms with Gasteiger partial charge in [0.25, 0.3) is 0 Å². The Bertz CT molecular complexity index is 1360. The zero-order chi connectivity index (χ0) is 23.4. The van der Waals surface area contributed by atoms with E-state index < -0.39 is 0 Å². The summed E-state index contributed by atoms with van der Waals surface area (Å²) in [6.45, 7) is 1.99. The van der Waals surface area contributed by atoms with Crippen molar-refractivity contribution in [2.24, 2.45) is 10.1 Å². The smallest absolute Gasteiger partial charge is 0.173 e. The molecule has 4 rings (SSSR count). The topological polar surface area (TPSA) is 79.1 Å². The fraction of sp³-hybridized carbons (Fsp3) is 0.0800. The number of aromatic nitrogens is 1. The standard InChI is InChI=1S/C25H20Br2N4O2/c1-15-11-18(26)13-19(27)24(15)30-25(21-9-8-17-5-3-4-6-20(17)29-21)31-28-14-16-7-10-22(32)23(12-16)33-2/h3-14,32H,1-2H3,(H,30,31)/b28-14+. The summed E-state index contributed by atoms with van der Waals surface area (Å²) in [6.07, 6.45) is 1.63. The molecule has 0 unspecified atom stereocenters. The van der Waals surface area contributed by atoms with Crippen molar-refractivity contribution in [2.45, 2.75) is 6.92 Å². The number of aromatic hydroxyl groups is 1. The third kappa shape index (κ3) is 5.40. The molecule has 1 aromatic heterocycles. The van der Waals surface area contributed by atoms with E-state index in [0.717, 1.165) is 36.7 Å². The summed E-state index contributed by atoms with van der Waals surface area (Å²) in [4.78, 5) is 9.62. The van der Waals surface area contributed by atoms with Gasteiger partial charge in [-0.25, -0.2) is 9.98 Å². The molecule has 33 heavy (non-hydrogen) atoms. The van der Waals surface area contributed by atoms with Crippen LogP contribution in [0, 0.1) is 6.92 Å². The quantitative estimate of drug-likeness (QED) is 0.164. The Morgan fingerprint density at radius 1 is 1.06 bits per heavy atom. The maximum absolute atomic E-state index is 9.80. The third-order valence-corrected chi connectivity index (χ3v) is 5.93. The van der Waals surface area contributed by atoms with Crippen molar-refractivity contribution in [3.05, 3.63) is 92.5 Å². The van der Waals surface area contributed by atoms with E-state index in [9.17, 15) is 5.11 Å². The molecular weight excluding hydrogens is 548 g/mol. The number of fused-ring (bicyclic) bond motifs is 1. The number of aliphatic imine (C=N–C) groups is 1. The van der Waals surface area contributed by atoms with Crippen molar-refractivity contribution in [3.8, 4) is 11.5 Å². The van der Waals surface area contributed by atoms with Gasteiger partial charge in [-0.1, -0.05) is 40.2 Å². The first-order chi connectivity index (χ1) is 15.9. The lowest BCUT2D eigenvalue weighted by molar-refractivity contribution is 0.373. The van der Waals surface area contributed by atoms with Crippen LogP contribution in [-0.2, 0) is 0 Å². The molecule has 0 spiro atoms. The van der Waals surface area contributed by atoms with Crippen LogP contribution < -0.4 is 10.2 Å². The summed E-state index contributed by atoms with van der Waals surface area (Å²) in [7, 11) is 1.50. The number of hydrogen-bond donors (Lipinski definition) is 2. The SMILES string of the molecule is COc1cc(/C=N/NC(=Nc2c(C)cc(Br)cc2Br)c2ccc3ccccc3n2)ccc1O. The van der Waals surface area contributed by atoms with Crippen LogP contribution >= 0.6 is 31.9 Å². The first-order valence-corrected chi connectivity index (χ1v) is 11.6. The minimum atomic E-state index is 0.0702. The van der Waals surface area contributed by atoms with Gasteiger partial charge in [0.1, 0.15) is 5.69 Å². The zero-order valence-corrected chi connectivity index (χ0v) is 21.1. The van der Waals surface area contributed by atoms with Crippen LogP contribution in [0.3, 0.4) is 0 Å². The Hall–Kier alpha value is -3.23. The Kier molecular flexibility index (Phi) is 7.05. The van der Waals surface area contributed by atoms with Gasteiger partial charge in [0.05, 0.1) is 24.5 Å². The molecule has 0 saturated carbocycles. The van der Waals surface area contributed by atoms with Gasteiger partial charge in [-0.05, 0) is 76.4 Å². The average molecular weight is 568 g/mol. The number of hydrogen-bond acceptors (Lipinski definition) is 5. The molecule has 0 saturated heterocycles. The van der Waals surface area contributed by atoms with Gasteiger partial charge in [-0.2, -0.15) is 5.10 Å². The fourth-order valence-corrected chi connectivity index (χ4v) is 4.76. The Balaban J connectivity index is 1.74. The molecule has 0 aliphatic rings. The largest absolute Gasteiger partial charge is 0.504 e. The zero-order valence-electron chi connectivity index (χ0n) is 17.9. The van der Waals surface area contributed by atoms with E-state index >= 15 is 0 Å². The lowest BCUT2D eigenvalue weighted by Gasteiger charge is -2.10. The molecule has 8 heteroatoms. The second-order valence-corrected chi connectivity index (χ2v) is 8.97. The number of benzene rings is 3. The third-order valence-electron chi connectivity index (χ3n) is 4.87. The number of methoxy groups -OCH3 is 1. The van der Waals surface area contributed by atoms with Gasteiger partial charge in [0.2, 0.25) is 0 Å². The summed E-state index contributed by atoms with van der Waals surface area (Å²) in [5.74, 6) is 0.938. The second kappa shape index (κ2) is 10.1. The Morgan fingerprint density at radius 3 is 2.67 bits per heavy atom. The van der Waals surface area contributed by atoms with E-state index in [2.05, 4.69) is 42.4 Å². The predicted octanol–water partition coefficient (Wildman–Crippen LogP) is 6.48. The van der Waals surface area contributed by atoms with Crippen molar-refractivity contribution in [3.63, 3.8) is 0 Å². The number of nitrogens with one attached hydrogen (secondary N) is 1. The monoisotopic (exact) mass is 566 g/mol. The number of para-hydroxylation sites is 1. The van der Waals surface area contributed by atoms with Crippen LogP contribution in [0.2, 0.25) is 0 Å². The molecule has 0 radical (unpaired) electrons. The molecule has 0 aliphatic heterocycles. The lowest BCUT2D eigenvalue weighted by Crippen LogP contribution is -2.20. The molecule has 1 heterocycles. The number of pyridine rings is 1. The number of phenolic OH excluding ortho intramolecular Hbond substituents is 1. The highest BCUT2D eigenvalue weighted by molar-refractivity contribution is 9.11. The molecular formula is C25H20Br2N4O2. The Labute approximate surface area is 208 Å². The summed E-state index contributed by atoms with van der Waals surface area (Å²) >= 11 is 7.12. The first-order valence-electron chi connectivity index (χ1n) is 10.0. The van der Waals surface area contributed by atoms with E-state index in [0.29, 0.717) is 17.3 Å². The number of aryl methyl sites for hydroxylation is 1. The number of phenols is 1. The summed E-state index contributed by atoms with van der Waals surface area (Å²) < 4.78 is 6.97. The van der Waals surface area contributed by atoms with Crippen LogP contribution in [0.1, 0.15) is 16.8 Å². The molecule has 3 aromatic carbocycles. The van der Waals surface area contributed by atoms with Gasteiger partial charge in [0, 0.05) is 14.3 Å². The summed E-state index contributed by atoms with van der Waals surface area (Å²) in [6, 6.07) is 20.8. The summed E-state index contributed by atoms with van der Waals surface area (Å²) in [5.41, 5.74) is 7.08. The molecule has 0 fully saturated rings. The molecule has 4 aromatic rings. The summed E-state index contributed by atoms with van der Waals surface area (Å²) in [5, 5.41) is 15.2. The predicted molar refractivity (Wildman–Crippen MR) is 140 cm³/mol. The fourth-order valence-electron chi connectivity index (χ4n) is 3.23. The molecule has 0 atom stereocenters. The van der Waals surface area contributed by atoms with E-state index in [-0.39, 0.29) is 5.75 Å². The van der Waals surface area contributed by atoms with Gasteiger partial charge < -0.3 is 9.84 Å². The minimum absolute atomic E-state index is 0.0702. The van der Waals surface area contributed by atoms with Gasteiger partial charge >= 0.3 is 0 Å². The molecule has 0 amide bonds. The lowest BCUT2D eigenvalue weighted by atomic mass is 10.2. The van der Waals surface area contributed by atoms with Crippen LogP contribution in [0.15, 0.2) is 85.8 Å². The van der Waals surface area contributed by atoms with E-state index in [1.807, 2.05) is 55.5 Å². The number of rotatable bonds is 5. The van der Waals surface area contributed by atoms with Gasteiger partial charge in [-0.15, -0.1) is 0 Å². The maximum atomic E-state index is 9.80. The van der Waals surface area contributed by atoms with E-state index in [4.69, 9.17) is 14.7 Å².